The van der Waals surface area contributed by atoms with Crippen LogP contribution >= 0.6 is 0 Å². The van der Waals surface area contributed by atoms with Crippen LogP contribution < -0.4 is 11.1 Å². The van der Waals surface area contributed by atoms with Gasteiger partial charge in [0.2, 0.25) is 5.91 Å². The summed E-state index contributed by atoms with van der Waals surface area (Å²) < 4.78 is 0. The Hall–Kier alpha value is -1.59. The summed E-state index contributed by atoms with van der Waals surface area (Å²) in [6.07, 6.45) is 2.37. The fraction of sp³-hybridized carbons (Fsp3) is 0.500. The molecule has 1 saturated heterocycles. The largest absolute Gasteiger partial charge is 0.398 e. The van der Waals surface area contributed by atoms with Crippen molar-refractivity contribution in [2.45, 2.75) is 26.2 Å². The summed E-state index contributed by atoms with van der Waals surface area (Å²) in [5.74, 6) is 0.0212. The standard InChI is InChI=1S/C14H21N3O2/c1-11-12(15)5-2-6-13(11)16-14(18)7-3-8-17-9-4-10-19-17/h2,5-6H,3-4,7-10,15H2,1H3,(H,16,18). The first-order valence-electron chi connectivity index (χ1n) is 6.69. The minimum atomic E-state index is 0.0212. The van der Waals surface area contributed by atoms with Crippen LogP contribution in [0.4, 0.5) is 11.4 Å². The Kier molecular flexibility index (Phi) is 4.76. The van der Waals surface area contributed by atoms with Crippen molar-refractivity contribution >= 4 is 17.3 Å². The number of hydrogen-bond donors (Lipinski definition) is 2. The van der Waals surface area contributed by atoms with Gasteiger partial charge in [-0.3, -0.25) is 9.63 Å². The molecule has 2 rings (SSSR count). The molecule has 0 atom stereocenters. The summed E-state index contributed by atoms with van der Waals surface area (Å²) >= 11 is 0. The van der Waals surface area contributed by atoms with Crippen molar-refractivity contribution < 1.29 is 9.63 Å². The van der Waals surface area contributed by atoms with E-state index in [0.29, 0.717) is 12.1 Å². The monoisotopic (exact) mass is 263 g/mol. The van der Waals surface area contributed by atoms with Crippen LogP contribution in [0, 0.1) is 6.92 Å². The Morgan fingerprint density at radius 1 is 1.53 bits per heavy atom. The summed E-state index contributed by atoms with van der Waals surface area (Å²) in [6.45, 7) is 4.48. The number of nitrogens with zero attached hydrogens (tertiary/aromatic N) is 1. The third-order valence-electron chi connectivity index (χ3n) is 3.29. The van der Waals surface area contributed by atoms with Crippen LogP contribution in [0.5, 0.6) is 0 Å². The lowest BCUT2D eigenvalue weighted by Crippen LogP contribution is -2.21. The van der Waals surface area contributed by atoms with Crippen LogP contribution in [0.2, 0.25) is 0 Å². The summed E-state index contributed by atoms with van der Waals surface area (Å²) in [5.41, 5.74) is 8.21. The summed E-state index contributed by atoms with van der Waals surface area (Å²) in [4.78, 5) is 17.2. The predicted octanol–water partition coefficient (Wildman–Crippen LogP) is 1.93. The molecule has 0 radical (unpaired) electrons. The Morgan fingerprint density at radius 3 is 3.11 bits per heavy atom. The maximum atomic E-state index is 11.8. The molecule has 0 unspecified atom stereocenters. The highest BCUT2D eigenvalue weighted by Crippen LogP contribution is 2.20. The minimum absolute atomic E-state index is 0.0212. The summed E-state index contributed by atoms with van der Waals surface area (Å²) in [7, 11) is 0. The van der Waals surface area contributed by atoms with E-state index in [4.69, 9.17) is 10.6 Å². The highest BCUT2D eigenvalue weighted by atomic mass is 16.7. The molecule has 1 aromatic carbocycles. The Bertz CT molecular complexity index is 442. The fourth-order valence-corrected chi connectivity index (χ4v) is 2.09. The molecule has 1 aliphatic rings. The van der Waals surface area contributed by atoms with Crippen LogP contribution in [-0.2, 0) is 9.63 Å². The van der Waals surface area contributed by atoms with Gasteiger partial charge in [0, 0.05) is 30.9 Å². The quantitative estimate of drug-likeness (QED) is 0.797. The molecule has 1 heterocycles. The van der Waals surface area contributed by atoms with E-state index in [2.05, 4.69) is 5.32 Å². The van der Waals surface area contributed by atoms with Gasteiger partial charge in [0.25, 0.3) is 0 Å². The fourth-order valence-electron chi connectivity index (χ4n) is 2.09. The van der Waals surface area contributed by atoms with Crippen molar-refractivity contribution in [1.82, 2.24) is 5.06 Å². The van der Waals surface area contributed by atoms with E-state index in [-0.39, 0.29) is 5.91 Å². The lowest BCUT2D eigenvalue weighted by atomic mass is 10.1. The molecule has 1 amide bonds. The molecule has 5 heteroatoms. The average Bonchev–Trinajstić information content (AvgIpc) is 2.88. The minimum Gasteiger partial charge on any atom is -0.398 e. The first-order chi connectivity index (χ1) is 9.16. The van der Waals surface area contributed by atoms with Gasteiger partial charge in [-0.1, -0.05) is 6.07 Å². The third-order valence-corrected chi connectivity index (χ3v) is 3.29. The number of rotatable bonds is 5. The Labute approximate surface area is 113 Å². The first-order valence-corrected chi connectivity index (χ1v) is 6.69. The van der Waals surface area contributed by atoms with E-state index >= 15 is 0 Å². The SMILES string of the molecule is Cc1c(N)cccc1NC(=O)CCCN1CCCO1. The molecule has 0 bridgehead atoms. The van der Waals surface area contributed by atoms with Crippen LogP contribution in [0.3, 0.4) is 0 Å². The number of nitrogens with two attached hydrogens (primary N) is 1. The van der Waals surface area contributed by atoms with E-state index < -0.39 is 0 Å². The number of nitrogen functional groups attached to an aromatic ring is 1. The summed E-state index contributed by atoms with van der Waals surface area (Å²) in [5, 5.41) is 4.83. The van der Waals surface area contributed by atoms with E-state index in [1.165, 1.54) is 0 Å². The number of hydrogen-bond acceptors (Lipinski definition) is 4. The van der Waals surface area contributed by atoms with E-state index in [1.54, 1.807) is 0 Å². The van der Waals surface area contributed by atoms with Crippen molar-refractivity contribution in [3.8, 4) is 0 Å². The van der Waals surface area contributed by atoms with Crippen molar-refractivity contribution in [1.29, 1.82) is 0 Å². The number of carbonyl (C=O) groups excluding carboxylic acids is 1. The number of amides is 1. The Morgan fingerprint density at radius 2 is 2.37 bits per heavy atom. The second kappa shape index (κ2) is 6.54. The van der Waals surface area contributed by atoms with Crippen molar-refractivity contribution in [2.75, 3.05) is 30.7 Å². The van der Waals surface area contributed by atoms with Crippen molar-refractivity contribution in [3.63, 3.8) is 0 Å². The number of anilines is 2. The second-order valence-electron chi connectivity index (χ2n) is 4.79. The molecular weight excluding hydrogens is 242 g/mol. The van der Waals surface area contributed by atoms with Crippen molar-refractivity contribution in [3.05, 3.63) is 23.8 Å². The van der Waals surface area contributed by atoms with Crippen LogP contribution in [0.25, 0.3) is 0 Å². The molecule has 0 saturated carbocycles. The highest BCUT2D eigenvalue weighted by molar-refractivity contribution is 5.92. The number of hydroxylamine groups is 2. The van der Waals surface area contributed by atoms with Gasteiger partial charge in [-0.05, 0) is 37.5 Å². The van der Waals surface area contributed by atoms with Crippen LogP contribution in [0.1, 0.15) is 24.8 Å². The number of carbonyl (C=O) groups is 1. The molecule has 1 aromatic rings. The normalized spacial score (nSPS) is 15.6. The molecule has 3 N–H and O–H groups in total. The maximum Gasteiger partial charge on any atom is 0.224 e. The topological polar surface area (TPSA) is 67.6 Å². The smallest absolute Gasteiger partial charge is 0.224 e. The highest BCUT2D eigenvalue weighted by Gasteiger charge is 2.12. The van der Waals surface area contributed by atoms with Gasteiger partial charge in [-0.2, -0.15) is 5.06 Å². The number of nitrogens with one attached hydrogen (secondary N) is 1. The van der Waals surface area contributed by atoms with E-state index in [0.717, 1.165) is 43.8 Å². The van der Waals surface area contributed by atoms with Gasteiger partial charge >= 0.3 is 0 Å². The third kappa shape index (κ3) is 3.94. The molecule has 1 aliphatic heterocycles. The lowest BCUT2D eigenvalue weighted by molar-refractivity contribution is -0.120. The van der Waals surface area contributed by atoms with Gasteiger partial charge in [0.15, 0.2) is 0 Å². The average molecular weight is 263 g/mol. The van der Waals surface area contributed by atoms with Gasteiger partial charge in [0.05, 0.1) is 6.61 Å². The zero-order valence-corrected chi connectivity index (χ0v) is 11.3. The van der Waals surface area contributed by atoms with E-state index in [9.17, 15) is 4.79 Å². The molecule has 0 aliphatic carbocycles. The number of benzene rings is 1. The molecule has 1 fully saturated rings. The van der Waals surface area contributed by atoms with Gasteiger partial charge in [-0.25, -0.2) is 0 Å². The van der Waals surface area contributed by atoms with Gasteiger partial charge in [0.1, 0.15) is 0 Å². The van der Waals surface area contributed by atoms with Crippen molar-refractivity contribution in [2.24, 2.45) is 0 Å². The lowest BCUT2D eigenvalue weighted by Gasteiger charge is -2.13. The predicted molar refractivity (Wildman–Crippen MR) is 75.6 cm³/mol. The van der Waals surface area contributed by atoms with Crippen LogP contribution in [0.15, 0.2) is 18.2 Å². The zero-order valence-electron chi connectivity index (χ0n) is 11.3. The van der Waals surface area contributed by atoms with Crippen LogP contribution in [-0.4, -0.2) is 30.7 Å². The second-order valence-corrected chi connectivity index (χ2v) is 4.79. The first kappa shape index (κ1) is 13.8. The van der Waals surface area contributed by atoms with Gasteiger partial charge in [-0.15, -0.1) is 0 Å². The van der Waals surface area contributed by atoms with E-state index in [1.807, 2.05) is 30.2 Å². The maximum absolute atomic E-state index is 11.8. The van der Waals surface area contributed by atoms with Gasteiger partial charge < -0.3 is 11.1 Å². The molecule has 0 spiro atoms. The molecule has 0 aromatic heterocycles. The molecule has 104 valence electrons. The molecule has 5 nitrogen and oxygen atoms in total. The molecule has 19 heavy (non-hydrogen) atoms. The zero-order chi connectivity index (χ0) is 13.7. The Balaban J connectivity index is 1.76. The summed E-state index contributed by atoms with van der Waals surface area (Å²) in [6, 6.07) is 5.54. The molecular formula is C14H21N3O2.